The summed E-state index contributed by atoms with van der Waals surface area (Å²) in [6.07, 6.45) is 5.92. The number of benzene rings is 1. The quantitative estimate of drug-likeness (QED) is 0.765. The average Bonchev–Trinajstić information content (AvgIpc) is 3.28. The van der Waals surface area contributed by atoms with Gasteiger partial charge in [0.05, 0.1) is 18.2 Å². The summed E-state index contributed by atoms with van der Waals surface area (Å²) in [5, 5.41) is 11.6. The Bertz CT molecular complexity index is 998. The molecule has 3 aromatic rings. The van der Waals surface area contributed by atoms with Crippen LogP contribution in [0.5, 0.6) is 0 Å². The molecule has 1 N–H and O–H groups in total. The van der Waals surface area contributed by atoms with Crippen LogP contribution in [0.1, 0.15) is 47.4 Å². The third-order valence-electron chi connectivity index (χ3n) is 6.29. The van der Waals surface area contributed by atoms with Crippen molar-refractivity contribution in [3.05, 3.63) is 64.9 Å². The van der Waals surface area contributed by atoms with Gasteiger partial charge >= 0.3 is 0 Å². The van der Waals surface area contributed by atoms with Crippen LogP contribution < -0.4 is 0 Å². The van der Waals surface area contributed by atoms with Crippen LogP contribution in [0.3, 0.4) is 0 Å². The maximum Gasteiger partial charge on any atom is 0.135 e. The molecule has 5 rings (SSSR count). The van der Waals surface area contributed by atoms with Crippen molar-refractivity contribution in [2.45, 2.75) is 44.9 Å². The summed E-state index contributed by atoms with van der Waals surface area (Å²) in [6, 6.07) is 7.86. The highest BCUT2D eigenvalue weighted by atomic mass is 19.1. The molecule has 0 saturated carbocycles. The van der Waals surface area contributed by atoms with E-state index in [0.29, 0.717) is 18.2 Å². The monoisotopic (exact) mass is 365 g/mol. The van der Waals surface area contributed by atoms with Crippen molar-refractivity contribution in [1.82, 2.24) is 14.5 Å². The van der Waals surface area contributed by atoms with Crippen LogP contribution in [0.2, 0.25) is 0 Å². The van der Waals surface area contributed by atoms with E-state index >= 15 is 4.39 Å². The Balaban J connectivity index is 1.68. The van der Waals surface area contributed by atoms with Crippen LogP contribution in [-0.2, 0) is 13.0 Å². The molecule has 2 aromatic heterocycles. The van der Waals surface area contributed by atoms with Crippen molar-refractivity contribution in [3.63, 3.8) is 0 Å². The van der Waals surface area contributed by atoms with Gasteiger partial charge in [0.15, 0.2) is 0 Å². The molecule has 4 heterocycles. The number of hydrogen-bond donors (Lipinski definition) is 1. The minimum absolute atomic E-state index is 0.102. The SMILES string of the molecule is Cc1ccc2c(c1F)c1c(n2CC(O)c2ccncc2)CCN2CCCC12. The van der Waals surface area contributed by atoms with E-state index in [1.165, 1.54) is 12.1 Å². The standard InChI is InChI=1S/C22H24FN3O/c1-14-4-5-17-21(22(14)23)20-16-3-2-11-25(16)12-8-18(20)26(17)13-19(27)15-6-9-24-10-7-15/h4-7,9-10,16,19,27H,2-3,8,11-13H2,1H3. The zero-order chi connectivity index (χ0) is 18.5. The Kier molecular flexibility index (Phi) is 4.02. The van der Waals surface area contributed by atoms with Gasteiger partial charge in [0, 0.05) is 48.0 Å². The van der Waals surface area contributed by atoms with E-state index in [1.807, 2.05) is 31.2 Å². The second kappa shape index (κ2) is 6.43. The highest BCUT2D eigenvalue weighted by Gasteiger charge is 2.36. The number of aromatic nitrogens is 2. The molecular formula is C22H24FN3O. The van der Waals surface area contributed by atoms with Crippen molar-refractivity contribution in [2.75, 3.05) is 13.1 Å². The molecule has 5 heteroatoms. The van der Waals surface area contributed by atoms with Crippen LogP contribution in [0.4, 0.5) is 4.39 Å². The summed E-state index contributed by atoms with van der Waals surface area (Å²) in [5.74, 6) is -0.102. The summed E-state index contributed by atoms with van der Waals surface area (Å²) in [5.41, 5.74) is 4.80. The van der Waals surface area contributed by atoms with E-state index < -0.39 is 6.10 Å². The molecular weight excluding hydrogens is 341 g/mol. The fraction of sp³-hybridized carbons (Fsp3) is 0.409. The van der Waals surface area contributed by atoms with E-state index in [9.17, 15) is 5.11 Å². The topological polar surface area (TPSA) is 41.3 Å². The van der Waals surface area contributed by atoms with Crippen molar-refractivity contribution in [1.29, 1.82) is 0 Å². The van der Waals surface area contributed by atoms with Gasteiger partial charge in [0.2, 0.25) is 0 Å². The van der Waals surface area contributed by atoms with E-state index in [-0.39, 0.29) is 5.82 Å². The van der Waals surface area contributed by atoms with E-state index in [2.05, 4.69) is 14.5 Å². The van der Waals surface area contributed by atoms with Crippen LogP contribution >= 0.6 is 0 Å². The van der Waals surface area contributed by atoms with Crippen molar-refractivity contribution >= 4 is 10.9 Å². The second-order valence-corrected chi connectivity index (χ2v) is 7.80. The van der Waals surface area contributed by atoms with Crippen molar-refractivity contribution < 1.29 is 9.50 Å². The van der Waals surface area contributed by atoms with E-state index in [1.54, 1.807) is 12.4 Å². The summed E-state index contributed by atoms with van der Waals surface area (Å²) in [7, 11) is 0. The van der Waals surface area contributed by atoms with Gasteiger partial charge in [-0.05, 0) is 55.6 Å². The Hall–Kier alpha value is -2.24. The summed E-state index contributed by atoms with van der Waals surface area (Å²) in [4.78, 5) is 6.52. The number of nitrogens with zero attached hydrogens (tertiary/aromatic N) is 3. The van der Waals surface area contributed by atoms with Gasteiger partial charge in [-0.3, -0.25) is 9.88 Å². The average molecular weight is 365 g/mol. The molecule has 1 saturated heterocycles. The van der Waals surface area contributed by atoms with Crippen LogP contribution in [0, 0.1) is 12.7 Å². The molecule has 0 radical (unpaired) electrons. The van der Waals surface area contributed by atoms with Gasteiger partial charge in [-0.25, -0.2) is 4.39 Å². The Labute approximate surface area is 158 Å². The maximum atomic E-state index is 15.2. The summed E-state index contributed by atoms with van der Waals surface area (Å²) < 4.78 is 17.4. The smallest absolute Gasteiger partial charge is 0.135 e. The molecule has 0 aliphatic carbocycles. The second-order valence-electron chi connectivity index (χ2n) is 7.80. The Morgan fingerprint density at radius 2 is 2.04 bits per heavy atom. The largest absolute Gasteiger partial charge is 0.387 e. The minimum Gasteiger partial charge on any atom is -0.387 e. The lowest BCUT2D eigenvalue weighted by molar-refractivity contribution is 0.155. The normalized spacial score (nSPS) is 20.6. The number of aryl methyl sites for hydroxylation is 1. The van der Waals surface area contributed by atoms with Gasteiger partial charge in [-0.15, -0.1) is 0 Å². The third kappa shape index (κ3) is 2.60. The fourth-order valence-electron chi connectivity index (χ4n) is 4.96. The zero-order valence-corrected chi connectivity index (χ0v) is 15.5. The number of aliphatic hydroxyl groups excluding tert-OH is 1. The van der Waals surface area contributed by atoms with Gasteiger partial charge < -0.3 is 9.67 Å². The van der Waals surface area contributed by atoms with E-state index in [4.69, 9.17) is 0 Å². The van der Waals surface area contributed by atoms with E-state index in [0.717, 1.165) is 48.0 Å². The highest BCUT2D eigenvalue weighted by Crippen LogP contribution is 2.44. The summed E-state index contributed by atoms with van der Waals surface area (Å²) >= 11 is 0. The van der Waals surface area contributed by atoms with Gasteiger partial charge in [0.1, 0.15) is 5.82 Å². The number of halogens is 1. The number of pyridine rings is 1. The molecule has 1 fully saturated rings. The molecule has 0 amide bonds. The molecule has 0 spiro atoms. The fourth-order valence-corrected chi connectivity index (χ4v) is 4.96. The number of hydrogen-bond acceptors (Lipinski definition) is 3. The van der Waals surface area contributed by atoms with Gasteiger partial charge in [0.25, 0.3) is 0 Å². The molecule has 27 heavy (non-hydrogen) atoms. The lowest BCUT2D eigenvalue weighted by Crippen LogP contribution is -2.31. The summed E-state index contributed by atoms with van der Waals surface area (Å²) in [6.45, 7) is 4.38. The van der Waals surface area contributed by atoms with Gasteiger partial charge in [-0.2, -0.15) is 0 Å². The third-order valence-corrected chi connectivity index (χ3v) is 6.29. The predicted molar refractivity (Wildman–Crippen MR) is 103 cm³/mol. The molecule has 2 unspecified atom stereocenters. The lowest BCUT2D eigenvalue weighted by Gasteiger charge is -2.31. The molecule has 2 atom stereocenters. The first-order valence-electron chi connectivity index (χ1n) is 9.77. The molecule has 4 nitrogen and oxygen atoms in total. The molecule has 140 valence electrons. The van der Waals surface area contributed by atoms with Crippen LogP contribution in [0.25, 0.3) is 10.9 Å². The maximum absolute atomic E-state index is 15.2. The number of fused-ring (bicyclic) bond motifs is 5. The van der Waals surface area contributed by atoms with Gasteiger partial charge in [-0.1, -0.05) is 6.07 Å². The van der Waals surface area contributed by atoms with Crippen molar-refractivity contribution in [2.24, 2.45) is 0 Å². The molecule has 0 bridgehead atoms. The van der Waals surface area contributed by atoms with Crippen molar-refractivity contribution in [3.8, 4) is 0 Å². The first-order chi connectivity index (χ1) is 13.1. The number of rotatable bonds is 3. The van der Waals surface area contributed by atoms with Crippen LogP contribution in [0.15, 0.2) is 36.7 Å². The predicted octanol–water partition coefficient (Wildman–Crippen LogP) is 3.91. The molecule has 2 aliphatic heterocycles. The lowest BCUT2D eigenvalue weighted by atomic mass is 9.95. The minimum atomic E-state index is -0.640. The Morgan fingerprint density at radius 1 is 1.22 bits per heavy atom. The molecule has 1 aromatic carbocycles. The first kappa shape index (κ1) is 16.9. The molecule has 2 aliphatic rings. The highest BCUT2D eigenvalue weighted by molar-refractivity contribution is 5.88. The Morgan fingerprint density at radius 3 is 2.85 bits per heavy atom. The zero-order valence-electron chi connectivity index (χ0n) is 15.5. The van der Waals surface area contributed by atoms with Crippen LogP contribution in [-0.4, -0.2) is 32.6 Å². The first-order valence-corrected chi connectivity index (χ1v) is 9.77. The number of aliphatic hydroxyl groups is 1.